The van der Waals surface area contributed by atoms with Crippen LogP contribution in [0.2, 0.25) is 0 Å². The predicted molar refractivity (Wildman–Crippen MR) is 98.1 cm³/mol. The van der Waals surface area contributed by atoms with Gasteiger partial charge in [0.15, 0.2) is 0 Å². The third kappa shape index (κ3) is 5.43. The van der Waals surface area contributed by atoms with Gasteiger partial charge in [-0.2, -0.15) is 0 Å². The molecule has 132 valence electrons. The smallest absolute Gasteiger partial charge is 0.243 e. The summed E-state index contributed by atoms with van der Waals surface area (Å²) in [7, 11) is 1.56. The molecule has 0 radical (unpaired) electrons. The van der Waals surface area contributed by atoms with Gasteiger partial charge in [0.05, 0.1) is 19.1 Å². The molecule has 0 aliphatic heterocycles. The Bertz CT molecular complexity index is 716. The molecule has 2 rings (SSSR count). The van der Waals surface area contributed by atoms with Crippen molar-refractivity contribution in [3.05, 3.63) is 65.7 Å². The number of carbonyl (C=O) groups is 2. The van der Waals surface area contributed by atoms with Crippen molar-refractivity contribution in [2.75, 3.05) is 18.9 Å². The van der Waals surface area contributed by atoms with Gasteiger partial charge in [-0.1, -0.05) is 55.5 Å². The topological polar surface area (TPSA) is 69.6 Å². The maximum atomic E-state index is 12.2. The van der Waals surface area contributed by atoms with Crippen molar-refractivity contribution in [2.24, 2.45) is 0 Å². The monoisotopic (exact) mass is 340 g/mol. The zero-order chi connectivity index (χ0) is 18.2. The van der Waals surface area contributed by atoms with Gasteiger partial charge >= 0.3 is 0 Å². The zero-order valence-corrected chi connectivity index (χ0v) is 14.6. The third-order valence-corrected chi connectivity index (χ3v) is 4.03. The minimum absolute atomic E-state index is 0.0562. The highest BCUT2D eigenvalue weighted by atomic mass is 16.3. The van der Waals surface area contributed by atoms with Crippen LogP contribution in [0.4, 0.5) is 5.69 Å². The lowest BCUT2D eigenvalue weighted by Gasteiger charge is -2.19. The number of aliphatic hydroxyl groups excluding tert-OH is 1. The second-order valence-electron chi connectivity index (χ2n) is 5.94. The first-order chi connectivity index (χ1) is 12.0. The molecule has 0 bridgehead atoms. The van der Waals surface area contributed by atoms with E-state index in [0.29, 0.717) is 5.56 Å². The summed E-state index contributed by atoms with van der Waals surface area (Å²) in [6.07, 6.45) is -0.117. The largest absolute Gasteiger partial charge is 0.388 e. The summed E-state index contributed by atoms with van der Waals surface area (Å²) in [6, 6.07) is 16.6. The van der Waals surface area contributed by atoms with Crippen LogP contribution in [0.5, 0.6) is 0 Å². The minimum Gasteiger partial charge on any atom is -0.388 e. The van der Waals surface area contributed by atoms with Crippen LogP contribution in [0.15, 0.2) is 54.6 Å². The van der Waals surface area contributed by atoms with Gasteiger partial charge in [-0.3, -0.25) is 9.59 Å². The van der Waals surface area contributed by atoms with Crippen LogP contribution >= 0.6 is 0 Å². The normalized spacial score (nSPS) is 11.6. The highest BCUT2D eigenvalue weighted by Gasteiger charge is 2.18. The second-order valence-corrected chi connectivity index (χ2v) is 5.94. The van der Waals surface area contributed by atoms with Crippen LogP contribution in [-0.2, 0) is 16.0 Å². The molecule has 1 unspecified atom stereocenters. The van der Waals surface area contributed by atoms with Crippen LogP contribution in [0.1, 0.15) is 30.6 Å². The SMILES string of the molecule is CCc1ccccc1NC(=O)CN(C)C(=O)CC(O)c1ccccc1. The number of aryl methyl sites for hydroxylation is 1. The molecule has 0 heterocycles. The lowest BCUT2D eigenvalue weighted by molar-refractivity contribution is -0.135. The molecule has 5 nitrogen and oxygen atoms in total. The molecule has 0 saturated heterocycles. The summed E-state index contributed by atoms with van der Waals surface area (Å²) in [5.41, 5.74) is 2.50. The van der Waals surface area contributed by atoms with Crippen molar-refractivity contribution in [3.63, 3.8) is 0 Å². The molecule has 0 fully saturated rings. The fraction of sp³-hybridized carbons (Fsp3) is 0.300. The molecule has 2 N–H and O–H groups in total. The molecule has 2 aromatic carbocycles. The minimum atomic E-state index is -0.875. The Labute approximate surface area is 148 Å². The molecule has 1 atom stereocenters. The average Bonchev–Trinajstić information content (AvgIpc) is 2.62. The van der Waals surface area contributed by atoms with Crippen molar-refractivity contribution in [1.29, 1.82) is 0 Å². The number of carbonyl (C=O) groups excluding carboxylic acids is 2. The van der Waals surface area contributed by atoms with Crippen molar-refractivity contribution >= 4 is 17.5 Å². The molecular weight excluding hydrogens is 316 g/mol. The molecule has 25 heavy (non-hydrogen) atoms. The third-order valence-electron chi connectivity index (χ3n) is 4.03. The van der Waals surface area contributed by atoms with E-state index in [-0.39, 0.29) is 24.8 Å². The van der Waals surface area contributed by atoms with E-state index in [1.165, 1.54) is 4.90 Å². The maximum absolute atomic E-state index is 12.2. The van der Waals surface area contributed by atoms with E-state index in [4.69, 9.17) is 0 Å². The van der Waals surface area contributed by atoms with Crippen LogP contribution in [0.3, 0.4) is 0 Å². The van der Waals surface area contributed by atoms with Crippen LogP contribution in [0, 0.1) is 0 Å². The maximum Gasteiger partial charge on any atom is 0.243 e. The van der Waals surface area contributed by atoms with E-state index in [1.807, 2.05) is 49.4 Å². The lowest BCUT2D eigenvalue weighted by atomic mass is 10.1. The number of hydrogen-bond acceptors (Lipinski definition) is 3. The summed E-state index contributed by atoms with van der Waals surface area (Å²) in [6.45, 7) is 1.96. The fourth-order valence-corrected chi connectivity index (χ4v) is 2.56. The van der Waals surface area contributed by atoms with Gasteiger partial charge < -0.3 is 15.3 Å². The van der Waals surface area contributed by atoms with E-state index in [2.05, 4.69) is 5.32 Å². The second kappa shape index (κ2) is 8.99. The standard InChI is InChI=1S/C20H24N2O3/c1-3-15-9-7-8-12-17(15)21-19(24)14-22(2)20(25)13-18(23)16-10-5-4-6-11-16/h4-12,18,23H,3,13-14H2,1-2H3,(H,21,24). The number of benzene rings is 2. The fourth-order valence-electron chi connectivity index (χ4n) is 2.56. The summed E-state index contributed by atoms with van der Waals surface area (Å²) in [5.74, 6) is -0.541. The molecule has 0 aliphatic rings. The Morgan fingerprint density at radius 2 is 1.72 bits per heavy atom. The Balaban J connectivity index is 1.89. The Morgan fingerprint density at radius 3 is 2.40 bits per heavy atom. The number of hydrogen-bond donors (Lipinski definition) is 2. The summed E-state index contributed by atoms with van der Waals surface area (Å²) >= 11 is 0. The number of nitrogens with one attached hydrogen (secondary N) is 1. The molecular formula is C20H24N2O3. The molecule has 0 saturated carbocycles. The van der Waals surface area contributed by atoms with Crippen molar-refractivity contribution < 1.29 is 14.7 Å². The molecule has 2 aromatic rings. The van der Waals surface area contributed by atoms with E-state index in [9.17, 15) is 14.7 Å². The van der Waals surface area contributed by atoms with Crippen molar-refractivity contribution in [3.8, 4) is 0 Å². The summed E-state index contributed by atoms with van der Waals surface area (Å²) < 4.78 is 0. The highest BCUT2D eigenvalue weighted by Crippen LogP contribution is 2.17. The first-order valence-corrected chi connectivity index (χ1v) is 8.36. The highest BCUT2D eigenvalue weighted by molar-refractivity contribution is 5.95. The zero-order valence-electron chi connectivity index (χ0n) is 14.6. The van der Waals surface area contributed by atoms with Gasteiger partial charge in [0.25, 0.3) is 0 Å². The van der Waals surface area contributed by atoms with Gasteiger partial charge in [0.2, 0.25) is 11.8 Å². The number of likely N-dealkylation sites (N-methyl/N-ethyl adjacent to an activating group) is 1. The van der Waals surface area contributed by atoms with E-state index >= 15 is 0 Å². The number of para-hydroxylation sites is 1. The number of rotatable bonds is 7. The Morgan fingerprint density at radius 1 is 1.08 bits per heavy atom. The van der Waals surface area contributed by atoms with Gasteiger partial charge in [-0.05, 0) is 23.6 Å². The van der Waals surface area contributed by atoms with E-state index < -0.39 is 6.10 Å². The number of nitrogens with zero attached hydrogens (tertiary/aromatic N) is 1. The van der Waals surface area contributed by atoms with Crippen LogP contribution in [0.25, 0.3) is 0 Å². The lowest BCUT2D eigenvalue weighted by Crippen LogP contribution is -2.35. The van der Waals surface area contributed by atoms with Gasteiger partial charge in [0.1, 0.15) is 0 Å². The Hall–Kier alpha value is -2.66. The van der Waals surface area contributed by atoms with Crippen molar-refractivity contribution in [1.82, 2.24) is 4.90 Å². The van der Waals surface area contributed by atoms with Crippen molar-refractivity contribution in [2.45, 2.75) is 25.9 Å². The summed E-state index contributed by atoms with van der Waals surface area (Å²) in [4.78, 5) is 25.7. The number of anilines is 1. The van der Waals surface area contributed by atoms with E-state index in [1.54, 1.807) is 19.2 Å². The average molecular weight is 340 g/mol. The van der Waals surface area contributed by atoms with Crippen LogP contribution in [-0.4, -0.2) is 35.4 Å². The Kier molecular flexibility index (Phi) is 6.71. The molecule has 5 heteroatoms. The van der Waals surface area contributed by atoms with E-state index in [0.717, 1.165) is 17.7 Å². The number of aliphatic hydroxyl groups is 1. The van der Waals surface area contributed by atoms with Gasteiger partial charge in [-0.15, -0.1) is 0 Å². The molecule has 0 spiro atoms. The van der Waals surface area contributed by atoms with Gasteiger partial charge in [-0.25, -0.2) is 0 Å². The molecule has 0 aliphatic carbocycles. The summed E-state index contributed by atoms with van der Waals surface area (Å²) in [5, 5.41) is 13.0. The first-order valence-electron chi connectivity index (χ1n) is 8.36. The quantitative estimate of drug-likeness (QED) is 0.814. The first kappa shape index (κ1) is 18.7. The predicted octanol–water partition coefficient (Wildman–Crippen LogP) is 2.77. The van der Waals surface area contributed by atoms with Gasteiger partial charge in [0, 0.05) is 12.7 Å². The molecule has 2 amide bonds. The van der Waals surface area contributed by atoms with Crippen LogP contribution < -0.4 is 5.32 Å². The number of amides is 2. The molecule has 0 aromatic heterocycles.